The number of nitrogens with one attached hydrogen (secondary N) is 1. The zero-order chi connectivity index (χ0) is 18.0. The van der Waals surface area contributed by atoms with Crippen LogP contribution >= 0.6 is 0 Å². The Morgan fingerprint density at radius 1 is 1.08 bits per heavy atom. The first kappa shape index (κ1) is 18.7. The Morgan fingerprint density at radius 3 is 2.08 bits per heavy atom. The molecular formula is C17H27N3O3S. The molecule has 2 rings (SSSR count). The maximum absolute atomic E-state index is 12.0. The highest BCUT2D eigenvalue weighted by atomic mass is 32.2. The monoisotopic (exact) mass is 353 g/mol. The second-order valence-electron chi connectivity index (χ2n) is 7.04. The molecule has 1 N–H and O–H groups in total. The van der Waals surface area contributed by atoms with Gasteiger partial charge in [-0.15, -0.1) is 0 Å². The Labute approximate surface area is 144 Å². The van der Waals surface area contributed by atoms with E-state index in [2.05, 4.69) is 10.2 Å². The van der Waals surface area contributed by atoms with Crippen molar-refractivity contribution in [3.63, 3.8) is 0 Å². The summed E-state index contributed by atoms with van der Waals surface area (Å²) < 4.78 is 25.3. The lowest BCUT2D eigenvalue weighted by molar-refractivity contribution is -0.123. The molecule has 134 valence electrons. The van der Waals surface area contributed by atoms with Crippen LogP contribution in [0.25, 0.3) is 0 Å². The Bertz CT molecular complexity index is 670. The van der Waals surface area contributed by atoms with E-state index in [1.807, 2.05) is 45.0 Å². The van der Waals surface area contributed by atoms with Crippen LogP contribution in [0.5, 0.6) is 0 Å². The van der Waals surface area contributed by atoms with Crippen molar-refractivity contribution in [1.29, 1.82) is 0 Å². The molecule has 1 amide bonds. The van der Waals surface area contributed by atoms with Crippen LogP contribution in [0.2, 0.25) is 0 Å². The standard InChI is InChI=1S/C17H27N3O3S/c1-5-24(22,23)20-12-10-19(11-13-20)15-8-6-14(7-9-15)18-16(21)17(2,3)4/h6-9H,5,10-13H2,1-4H3,(H,18,21). The molecule has 0 unspecified atom stereocenters. The lowest BCUT2D eigenvalue weighted by atomic mass is 9.95. The number of rotatable bonds is 4. The number of nitrogens with zero attached hydrogens (tertiary/aromatic N) is 2. The van der Waals surface area contributed by atoms with E-state index in [-0.39, 0.29) is 11.7 Å². The number of carbonyl (C=O) groups excluding carboxylic acids is 1. The maximum atomic E-state index is 12.0. The lowest BCUT2D eigenvalue weighted by Gasteiger charge is -2.35. The minimum atomic E-state index is -3.10. The van der Waals surface area contributed by atoms with Gasteiger partial charge in [0.25, 0.3) is 0 Å². The summed E-state index contributed by atoms with van der Waals surface area (Å²) in [5.74, 6) is 0.128. The molecule has 1 aliphatic rings. The fourth-order valence-corrected chi connectivity index (χ4v) is 3.57. The molecule has 0 aliphatic carbocycles. The van der Waals surface area contributed by atoms with Gasteiger partial charge in [0.15, 0.2) is 0 Å². The zero-order valence-electron chi connectivity index (χ0n) is 14.9. The molecule has 6 nitrogen and oxygen atoms in total. The number of piperazine rings is 1. The first-order valence-corrected chi connectivity index (χ1v) is 9.88. The summed E-state index contributed by atoms with van der Waals surface area (Å²) in [5.41, 5.74) is 1.38. The van der Waals surface area contributed by atoms with Crippen molar-refractivity contribution >= 4 is 27.3 Å². The predicted molar refractivity (Wildman–Crippen MR) is 97.8 cm³/mol. The van der Waals surface area contributed by atoms with Gasteiger partial charge in [0.2, 0.25) is 15.9 Å². The second kappa shape index (κ2) is 7.11. The Morgan fingerprint density at radius 2 is 1.62 bits per heavy atom. The molecule has 1 heterocycles. The summed E-state index contributed by atoms with van der Waals surface area (Å²) in [6.45, 7) is 9.67. The summed E-state index contributed by atoms with van der Waals surface area (Å²) in [6.07, 6.45) is 0. The van der Waals surface area contributed by atoms with E-state index < -0.39 is 15.4 Å². The largest absolute Gasteiger partial charge is 0.369 e. The lowest BCUT2D eigenvalue weighted by Crippen LogP contribution is -2.49. The van der Waals surface area contributed by atoms with Gasteiger partial charge in [-0.05, 0) is 31.2 Å². The highest BCUT2D eigenvalue weighted by Gasteiger charge is 2.25. The van der Waals surface area contributed by atoms with Crippen molar-refractivity contribution in [2.75, 3.05) is 42.1 Å². The van der Waals surface area contributed by atoms with Crippen LogP contribution in [-0.2, 0) is 14.8 Å². The number of carbonyl (C=O) groups is 1. The SMILES string of the molecule is CCS(=O)(=O)N1CCN(c2ccc(NC(=O)C(C)(C)C)cc2)CC1. The van der Waals surface area contributed by atoms with Crippen molar-refractivity contribution < 1.29 is 13.2 Å². The highest BCUT2D eigenvalue weighted by molar-refractivity contribution is 7.89. The van der Waals surface area contributed by atoms with Crippen LogP contribution in [0, 0.1) is 5.41 Å². The van der Waals surface area contributed by atoms with Gasteiger partial charge in [-0.1, -0.05) is 20.8 Å². The molecule has 1 aromatic carbocycles. The first-order valence-electron chi connectivity index (χ1n) is 8.28. The van der Waals surface area contributed by atoms with Gasteiger partial charge in [-0.2, -0.15) is 4.31 Å². The molecular weight excluding hydrogens is 326 g/mol. The van der Waals surface area contributed by atoms with Crippen LogP contribution in [0.15, 0.2) is 24.3 Å². The van der Waals surface area contributed by atoms with E-state index >= 15 is 0 Å². The van der Waals surface area contributed by atoms with Gasteiger partial charge in [-0.3, -0.25) is 4.79 Å². The van der Waals surface area contributed by atoms with Crippen molar-refractivity contribution in [3.05, 3.63) is 24.3 Å². The third-order valence-electron chi connectivity index (χ3n) is 4.17. The molecule has 0 bridgehead atoms. The summed E-state index contributed by atoms with van der Waals surface area (Å²) in [6, 6.07) is 7.69. The summed E-state index contributed by atoms with van der Waals surface area (Å²) in [5, 5.41) is 2.90. The summed E-state index contributed by atoms with van der Waals surface area (Å²) >= 11 is 0. The predicted octanol–water partition coefficient (Wildman–Crippen LogP) is 2.14. The molecule has 1 fully saturated rings. The number of sulfonamides is 1. The molecule has 24 heavy (non-hydrogen) atoms. The van der Waals surface area contributed by atoms with E-state index in [1.165, 1.54) is 0 Å². The van der Waals surface area contributed by atoms with E-state index in [1.54, 1.807) is 11.2 Å². The van der Waals surface area contributed by atoms with Crippen LogP contribution < -0.4 is 10.2 Å². The molecule has 0 saturated carbocycles. The Hall–Kier alpha value is -1.60. The smallest absolute Gasteiger partial charge is 0.229 e. The second-order valence-corrected chi connectivity index (χ2v) is 9.30. The number of hydrogen-bond acceptors (Lipinski definition) is 4. The number of benzene rings is 1. The maximum Gasteiger partial charge on any atom is 0.229 e. The zero-order valence-corrected chi connectivity index (χ0v) is 15.7. The van der Waals surface area contributed by atoms with E-state index in [4.69, 9.17) is 0 Å². The topological polar surface area (TPSA) is 69.7 Å². The third-order valence-corrected chi connectivity index (χ3v) is 6.05. The number of anilines is 2. The minimum Gasteiger partial charge on any atom is -0.369 e. The van der Waals surface area contributed by atoms with Crippen molar-refractivity contribution in [2.24, 2.45) is 5.41 Å². The van der Waals surface area contributed by atoms with Gasteiger partial charge < -0.3 is 10.2 Å². The summed E-state index contributed by atoms with van der Waals surface area (Å²) in [4.78, 5) is 14.2. The van der Waals surface area contributed by atoms with Gasteiger partial charge in [0.1, 0.15) is 0 Å². The molecule has 0 aromatic heterocycles. The van der Waals surface area contributed by atoms with Crippen molar-refractivity contribution in [2.45, 2.75) is 27.7 Å². The van der Waals surface area contributed by atoms with Gasteiger partial charge >= 0.3 is 0 Å². The summed E-state index contributed by atoms with van der Waals surface area (Å²) in [7, 11) is -3.10. The van der Waals surface area contributed by atoms with E-state index in [9.17, 15) is 13.2 Å². The highest BCUT2D eigenvalue weighted by Crippen LogP contribution is 2.22. The van der Waals surface area contributed by atoms with Crippen molar-refractivity contribution in [1.82, 2.24) is 4.31 Å². The number of amides is 1. The first-order chi connectivity index (χ1) is 11.1. The van der Waals surface area contributed by atoms with Gasteiger partial charge in [0, 0.05) is 43.0 Å². The average Bonchev–Trinajstić information content (AvgIpc) is 2.55. The molecule has 1 aliphatic heterocycles. The minimum absolute atomic E-state index is 0.0198. The average molecular weight is 353 g/mol. The van der Waals surface area contributed by atoms with Crippen LogP contribution in [-0.4, -0.2) is 50.6 Å². The fourth-order valence-electron chi connectivity index (χ4n) is 2.48. The van der Waals surface area contributed by atoms with Crippen LogP contribution in [0.1, 0.15) is 27.7 Å². The molecule has 0 spiro atoms. The normalized spacial score (nSPS) is 16.9. The van der Waals surface area contributed by atoms with Crippen molar-refractivity contribution in [3.8, 4) is 0 Å². The molecule has 1 aromatic rings. The molecule has 0 radical (unpaired) electrons. The number of hydrogen-bond donors (Lipinski definition) is 1. The van der Waals surface area contributed by atoms with E-state index in [0.717, 1.165) is 11.4 Å². The fraction of sp³-hybridized carbons (Fsp3) is 0.588. The Balaban J connectivity index is 1.97. The van der Waals surface area contributed by atoms with Gasteiger partial charge in [-0.25, -0.2) is 8.42 Å². The van der Waals surface area contributed by atoms with E-state index in [0.29, 0.717) is 26.2 Å². The molecule has 7 heteroatoms. The van der Waals surface area contributed by atoms with Crippen LogP contribution in [0.3, 0.4) is 0 Å². The molecule has 0 atom stereocenters. The quantitative estimate of drug-likeness (QED) is 0.900. The third kappa shape index (κ3) is 4.48. The molecule has 1 saturated heterocycles. The van der Waals surface area contributed by atoms with Crippen LogP contribution in [0.4, 0.5) is 11.4 Å². The van der Waals surface area contributed by atoms with Gasteiger partial charge in [0.05, 0.1) is 5.75 Å². The Kier molecular flexibility index (Phi) is 5.55.